The Morgan fingerprint density at radius 3 is 2.23 bits per heavy atom. The highest BCUT2D eigenvalue weighted by Crippen LogP contribution is 2.25. The van der Waals surface area contributed by atoms with Crippen LogP contribution in [-0.4, -0.2) is 12.5 Å². The molecule has 0 atom stereocenters. The summed E-state index contributed by atoms with van der Waals surface area (Å²) < 4.78 is 5.61. The van der Waals surface area contributed by atoms with E-state index < -0.39 is 0 Å². The smallest absolute Gasteiger partial charge is 0.262 e. The molecule has 0 aliphatic rings. The van der Waals surface area contributed by atoms with Crippen molar-refractivity contribution in [1.29, 1.82) is 0 Å². The zero-order valence-corrected chi connectivity index (χ0v) is 15.0. The lowest BCUT2D eigenvalue weighted by molar-refractivity contribution is -0.118. The van der Waals surface area contributed by atoms with Crippen molar-refractivity contribution in [3.05, 3.63) is 83.9 Å². The average Bonchev–Trinajstić information content (AvgIpc) is 2.64. The van der Waals surface area contributed by atoms with E-state index in [0.29, 0.717) is 11.4 Å². The van der Waals surface area contributed by atoms with Crippen LogP contribution in [0.2, 0.25) is 0 Å². The van der Waals surface area contributed by atoms with Crippen LogP contribution in [-0.2, 0) is 4.79 Å². The normalized spacial score (nSPS) is 10.2. The predicted molar refractivity (Wildman–Crippen MR) is 106 cm³/mol. The van der Waals surface area contributed by atoms with Gasteiger partial charge in [0.25, 0.3) is 5.91 Å². The summed E-state index contributed by atoms with van der Waals surface area (Å²) in [6.07, 6.45) is 0. The van der Waals surface area contributed by atoms with Gasteiger partial charge in [0.1, 0.15) is 5.75 Å². The van der Waals surface area contributed by atoms with Crippen LogP contribution in [0.1, 0.15) is 11.1 Å². The first-order chi connectivity index (χ1) is 12.6. The van der Waals surface area contributed by atoms with Gasteiger partial charge in [-0.05, 0) is 49.7 Å². The number of para-hydroxylation sites is 3. The number of carbonyl (C=O) groups is 1. The summed E-state index contributed by atoms with van der Waals surface area (Å²) in [5.41, 5.74) is 4.72. The third-order valence-electron chi connectivity index (χ3n) is 3.98. The number of hydrogen-bond donors (Lipinski definition) is 2. The summed E-state index contributed by atoms with van der Waals surface area (Å²) in [4.78, 5) is 12.3. The fraction of sp³-hybridized carbons (Fsp3) is 0.136. The molecular formula is C22H22N2O2. The highest BCUT2D eigenvalue weighted by atomic mass is 16.5. The molecule has 0 saturated heterocycles. The quantitative estimate of drug-likeness (QED) is 0.655. The van der Waals surface area contributed by atoms with Gasteiger partial charge in [0, 0.05) is 5.69 Å². The van der Waals surface area contributed by atoms with Crippen LogP contribution in [0.15, 0.2) is 72.8 Å². The Morgan fingerprint density at radius 1 is 0.846 bits per heavy atom. The molecule has 4 nitrogen and oxygen atoms in total. The van der Waals surface area contributed by atoms with E-state index in [9.17, 15) is 4.79 Å². The van der Waals surface area contributed by atoms with Crippen molar-refractivity contribution in [3.63, 3.8) is 0 Å². The average molecular weight is 346 g/mol. The second-order valence-electron chi connectivity index (χ2n) is 6.14. The minimum Gasteiger partial charge on any atom is -0.483 e. The van der Waals surface area contributed by atoms with Crippen LogP contribution < -0.4 is 15.4 Å². The second-order valence-corrected chi connectivity index (χ2v) is 6.14. The predicted octanol–water partition coefficient (Wildman–Crippen LogP) is 5.06. The maximum Gasteiger partial charge on any atom is 0.262 e. The molecule has 3 aromatic carbocycles. The molecule has 2 N–H and O–H groups in total. The maximum absolute atomic E-state index is 12.3. The first-order valence-electron chi connectivity index (χ1n) is 8.53. The van der Waals surface area contributed by atoms with Gasteiger partial charge in [0.15, 0.2) is 6.61 Å². The Balaban J connectivity index is 1.65. The largest absolute Gasteiger partial charge is 0.483 e. The topological polar surface area (TPSA) is 50.4 Å². The molecule has 4 heteroatoms. The van der Waals surface area contributed by atoms with E-state index in [1.807, 2.05) is 86.6 Å². The number of nitrogens with one attached hydrogen (secondary N) is 2. The Morgan fingerprint density at radius 2 is 1.50 bits per heavy atom. The number of aryl methyl sites for hydroxylation is 2. The van der Waals surface area contributed by atoms with Crippen LogP contribution in [0.5, 0.6) is 5.75 Å². The Kier molecular flexibility index (Phi) is 5.54. The molecule has 0 radical (unpaired) electrons. The summed E-state index contributed by atoms with van der Waals surface area (Å²) in [7, 11) is 0. The summed E-state index contributed by atoms with van der Waals surface area (Å²) in [5, 5.41) is 6.24. The zero-order valence-electron chi connectivity index (χ0n) is 15.0. The maximum atomic E-state index is 12.3. The van der Waals surface area contributed by atoms with Crippen molar-refractivity contribution in [2.45, 2.75) is 13.8 Å². The molecule has 132 valence electrons. The van der Waals surface area contributed by atoms with Gasteiger partial charge in [0.2, 0.25) is 0 Å². The third kappa shape index (κ3) is 4.63. The van der Waals surface area contributed by atoms with Crippen molar-refractivity contribution in [1.82, 2.24) is 0 Å². The molecule has 0 spiro atoms. The van der Waals surface area contributed by atoms with Crippen LogP contribution in [0.4, 0.5) is 17.1 Å². The Labute approximate surface area is 153 Å². The molecular weight excluding hydrogens is 324 g/mol. The van der Waals surface area contributed by atoms with E-state index in [4.69, 9.17) is 4.74 Å². The number of ether oxygens (including phenoxy) is 1. The lowest BCUT2D eigenvalue weighted by atomic mass is 10.2. The van der Waals surface area contributed by atoms with Gasteiger partial charge >= 0.3 is 0 Å². The summed E-state index contributed by atoms with van der Waals surface area (Å²) in [6, 6.07) is 23.3. The number of benzene rings is 3. The van der Waals surface area contributed by atoms with Crippen molar-refractivity contribution < 1.29 is 9.53 Å². The van der Waals surface area contributed by atoms with Crippen molar-refractivity contribution >= 4 is 23.0 Å². The number of amides is 1. The molecule has 0 aliphatic heterocycles. The van der Waals surface area contributed by atoms with Gasteiger partial charge < -0.3 is 15.4 Å². The summed E-state index contributed by atoms with van der Waals surface area (Å²) in [6.45, 7) is 3.96. The van der Waals surface area contributed by atoms with E-state index in [2.05, 4.69) is 10.6 Å². The monoisotopic (exact) mass is 346 g/mol. The van der Waals surface area contributed by atoms with Gasteiger partial charge in [0.05, 0.1) is 11.4 Å². The van der Waals surface area contributed by atoms with E-state index >= 15 is 0 Å². The molecule has 0 fully saturated rings. The Hall–Kier alpha value is -3.27. The number of hydrogen-bond acceptors (Lipinski definition) is 3. The fourth-order valence-corrected chi connectivity index (χ4v) is 2.54. The molecule has 3 rings (SSSR count). The zero-order chi connectivity index (χ0) is 18.4. The lowest BCUT2D eigenvalue weighted by Crippen LogP contribution is -2.21. The van der Waals surface area contributed by atoms with Crippen LogP contribution in [0.3, 0.4) is 0 Å². The molecule has 0 heterocycles. The lowest BCUT2D eigenvalue weighted by Gasteiger charge is -2.14. The summed E-state index contributed by atoms with van der Waals surface area (Å²) >= 11 is 0. The Bertz CT molecular complexity index is 889. The molecule has 0 aromatic heterocycles. The molecule has 0 unspecified atom stereocenters. The standard InChI is InChI=1S/C22H22N2O2/c1-16-11-13-18(14-12-16)23-19-8-4-5-9-20(19)24-22(25)15-26-21-10-6-3-7-17(21)2/h3-14,23H,15H2,1-2H3,(H,24,25). The van der Waals surface area contributed by atoms with Crippen molar-refractivity contribution in [2.75, 3.05) is 17.2 Å². The highest BCUT2D eigenvalue weighted by molar-refractivity contribution is 5.95. The van der Waals surface area contributed by atoms with Crippen molar-refractivity contribution in [2.24, 2.45) is 0 Å². The van der Waals surface area contributed by atoms with E-state index in [-0.39, 0.29) is 12.5 Å². The highest BCUT2D eigenvalue weighted by Gasteiger charge is 2.08. The molecule has 0 bridgehead atoms. The number of rotatable bonds is 6. The molecule has 0 saturated carbocycles. The van der Waals surface area contributed by atoms with Crippen molar-refractivity contribution in [3.8, 4) is 5.75 Å². The fourth-order valence-electron chi connectivity index (χ4n) is 2.54. The van der Waals surface area contributed by atoms with Gasteiger partial charge in [-0.1, -0.05) is 48.0 Å². The van der Waals surface area contributed by atoms with Crippen LogP contribution in [0, 0.1) is 13.8 Å². The minimum atomic E-state index is -0.202. The van der Waals surface area contributed by atoms with Gasteiger partial charge in [-0.15, -0.1) is 0 Å². The second kappa shape index (κ2) is 8.21. The van der Waals surface area contributed by atoms with E-state index in [1.54, 1.807) is 0 Å². The molecule has 1 amide bonds. The number of carbonyl (C=O) groups excluding carboxylic acids is 1. The SMILES string of the molecule is Cc1ccc(Nc2ccccc2NC(=O)COc2ccccc2C)cc1. The van der Waals surface area contributed by atoms with Crippen LogP contribution in [0.25, 0.3) is 0 Å². The minimum absolute atomic E-state index is 0.0380. The van der Waals surface area contributed by atoms with E-state index in [0.717, 1.165) is 16.9 Å². The van der Waals surface area contributed by atoms with Gasteiger partial charge in [-0.3, -0.25) is 4.79 Å². The molecule has 26 heavy (non-hydrogen) atoms. The van der Waals surface area contributed by atoms with Crippen LogP contribution >= 0.6 is 0 Å². The summed E-state index contributed by atoms with van der Waals surface area (Å²) in [5.74, 6) is 0.514. The van der Waals surface area contributed by atoms with Gasteiger partial charge in [-0.2, -0.15) is 0 Å². The first kappa shape index (κ1) is 17.5. The molecule has 0 aliphatic carbocycles. The number of anilines is 3. The van der Waals surface area contributed by atoms with Gasteiger partial charge in [-0.25, -0.2) is 0 Å². The van der Waals surface area contributed by atoms with E-state index in [1.165, 1.54) is 5.56 Å². The molecule has 3 aromatic rings. The first-order valence-corrected chi connectivity index (χ1v) is 8.53. The third-order valence-corrected chi connectivity index (χ3v) is 3.98.